The maximum absolute atomic E-state index is 13.5. The number of ketones is 1. The number of hydrogen-bond donors (Lipinski definition) is 0. The van der Waals surface area contributed by atoms with Crippen molar-refractivity contribution in [2.75, 3.05) is 4.90 Å². The minimum Gasteiger partial charge on any atom is -0.450 e. The van der Waals surface area contributed by atoms with Gasteiger partial charge in [0.2, 0.25) is 5.76 Å². The van der Waals surface area contributed by atoms with E-state index in [9.17, 15) is 14.4 Å². The number of aromatic nitrogens is 1. The highest BCUT2D eigenvalue weighted by Gasteiger charge is 2.45. The first-order valence-electron chi connectivity index (χ1n) is 9.50. The standard InChI is InChI=1S/C23H15BrN2O4S/c1-11-21(12(2)27)31-23(25-11)26-18(13-7-9-14(24)10-8-13)17-19(28)15-5-3-4-6-16(15)30-20(17)22(26)29/h3-10,18H,1-2H3. The number of benzene rings is 2. The molecule has 31 heavy (non-hydrogen) atoms. The molecule has 1 unspecified atom stereocenters. The van der Waals surface area contributed by atoms with Gasteiger partial charge in [0.15, 0.2) is 16.3 Å². The molecular weight excluding hydrogens is 480 g/mol. The van der Waals surface area contributed by atoms with Gasteiger partial charge in [-0.1, -0.05) is 51.5 Å². The van der Waals surface area contributed by atoms with Gasteiger partial charge in [-0.15, -0.1) is 0 Å². The molecule has 0 aliphatic carbocycles. The van der Waals surface area contributed by atoms with E-state index in [1.165, 1.54) is 11.8 Å². The number of hydrogen-bond acceptors (Lipinski definition) is 6. The number of aryl methyl sites for hydroxylation is 1. The zero-order valence-corrected chi connectivity index (χ0v) is 18.9. The van der Waals surface area contributed by atoms with Crippen LogP contribution >= 0.6 is 27.3 Å². The molecule has 2 aromatic heterocycles. The molecule has 0 saturated carbocycles. The van der Waals surface area contributed by atoms with Gasteiger partial charge in [-0.2, -0.15) is 0 Å². The predicted octanol–water partition coefficient (Wildman–Crippen LogP) is 5.27. The summed E-state index contributed by atoms with van der Waals surface area (Å²) < 4.78 is 6.80. The summed E-state index contributed by atoms with van der Waals surface area (Å²) in [6, 6.07) is 13.6. The minimum atomic E-state index is -0.707. The lowest BCUT2D eigenvalue weighted by molar-refractivity contribution is 0.0969. The number of halogens is 1. The molecule has 8 heteroatoms. The van der Waals surface area contributed by atoms with Crippen LogP contribution in [0.5, 0.6) is 0 Å². The van der Waals surface area contributed by atoms with Gasteiger partial charge in [0.1, 0.15) is 5.58 Å². The number of carbonyl (C=O) groups is 2. The molecule has 0 bridgehead atoms. The van der Waals surface area contributed by atoms with E-state index in [0.29, 0.717) is 26.7 Å². The lowest BCUT2D eigenvalue weighted by Crippen LogP contribution is -2.29. The molecule has 4 aromatic rings. The Balaban J connectivity index is 1.80. The molecule has 1 atom stereocenters. The van der Waals surface area contributed by atoms with Crippen LogP contribution in [0.4, 0.5) is 5.13 Å². The number of nitrogens with zero attached hydrogens (tertiary/aromatic N) is 2. The van der Waals surface area contributed by atoms with Crippen LogP contribution in [0.15, 0.2) is 62.2 Å². The van der Waals surface area contributed by atoms with Gasteiger partial charge in [-0.25, -0.2) is 4.98 Å². The summed E-state index contributed by atoms with van der Waals surface area (Å²) in [7, 11) is 0. The monoisotopic (exact) mass is 494 g/mol. The van der Waals surface area contributed by atoms with Crippen molar-refractivity contribution >= 4 is 55.1 Å². The van der Waals surface area contributed by atoms with Gasteiger partial charge < -0.3 is 4.42 Å². The molecule has 1 aliphatic rings. The second-order valence-corrected chi connectivity index (χ2v) is 9.16. The van der Waals surface area contributed by atoms with Gasteiger partial charge in [0.05, 0.1) is 27.6 Å². The third kappa shape index (κ3) is 3.05. The first kappa shape index (κ1) is 19.8. The number of fused-ring (bicyclic) bond motifs is 2. The molecule has 0 saturated heterocycles. The van der Waals surface area contributed by atoms with Crippen LogP contribution in [0.25, 0.3) is 11.0 Å². The summed E-state index contributed by atoms with van der Waals surface area (Å²) in [4.78, 5) is 45.4. The first-order chi connectivity index (χ1) is 14.9. The topological polar surface area (TPSA) is 80.5 Å². The summed E-state index contributed by atoms with van der Waals surface area (Å²) in [6.07, 6.45) is 0. The fourth-order valence-corrected chi connectivity index (χ4v) is 5.14. The van der Waals surface area contributed by atoms with Gasteiger partial charge in [0, 0.05) is 11.4 Å². The van der Waals surface area contributed by atoms with E-state index in [-0.39, 0.29) is 22.5 Å². The van der Waals surface area contributed by atoms with Crippen molar-refractivity contribution in [3.63, 3.8) is 0 Å². The van der Waals surface area contributed by atoms with Crippen LogP contribution in [0.1, 0.15) is 50.0 Å². The maximum Gasteiger partial charge on any atom is 0.297 e. The number of amides is 1. The molecule has 0 N–H and O–H groups in total. The van der Waals surface area contributed by atoms with Crippen molar-refractivity contribution in [3.05, 3.63) is 90.7 Å². The zero-order valence-electron chi connectivity index (χ0n) is 16.5. The second kappa shape index (κ2) is 7.25. The number of carbonyl (C=O) groups excluding carboxylic acids is 2. The van der Waals surface area contributed by atoms with Crippen molar-refractivity contribution in [2.45, 2.75) is 19.9 Å². The third-order valence-electron chi connectivity index (χ3n) is 5.27. The van der Waals surface area contributed by atoms with Crippen LogP contribution in [0.2, 0.25) is 0 Å². The highest BCUT2D eigenvalue weighted by atomic mass is 79.9. The SMILES string of the molecule is CC(=O)c1sc(N2C(=O)c3oc4ccccc4c(=O)c3C2c2ccc(Br)cc2)nc1C. The van der Waals surface area contributed by atoms with E-state index in [0.717, 1.165) is 21.4 Å². The molecule has 154 valence electrons. The van der Waals surface area contributed by atoms with E-state index in [1.54, 1.807) is 31.2 Å². The molecule has 5 rings (SSSR count). The van der Waals surface area contributed by atoms with Crippen LogP contribution in [-0.2, 0) is 0 Å². The van der Waals surface area contributed by atoms with Crippen LogP contribution in [0.3, 0.4) is 0 Å². The van der Waals surface area contributed by atoms with E-state index >= 15 is 0 Å². The number of Topliss-reactive ketones (excluding diaryl/α,β-unsaturated/α-hetero) is 1. The number of anilines is 1. The van der Waals surface area contributed by atoms with E-state index in [4.69, 9.17) is 4.42 Å². The fourth-order valence-electron chi connectivity index (χ4n) is 3.89. The van der Waals surface area contributed by atoms with Gasteiger partial charge in [0.25, 0.3) is 5.91 Å². The summed E-state index contributed by atoms with van der Waals surface area (Å²) in [5.74, 6) is -0.561. The highest BCUT2D eigenvalue weighted by Crippen LogP contribution is 2.43. The molecule has 0 radical (unpaired) electrons. The van der Waals surface area contributed by atoms with E-state index in [1.807, 2.05) is 24.3 Å². The Hall–Kier alpha value is -3.10. The van der Waals surface area contributed by atoms with Crippen molar-refractivity contribution in [2.24, 2.45) is 0 Å². The predicted molar refractivity (Wildman–Crippen MR) is 122 cm³/mol. The Morgan fingerprint density at radius 1 is 1.13 bits per heavy atom. The van der Waals surface area contributed by atoms with E-state index < -0.39 is 11.9 Å². The molecular formula is C23H15BrN2O4S. The van der Waals surface area contributed by atoms with Crippen LogP contribution in [-0.4, -0.2) is 16.7 Å². The Morgan fingerprint density at radius 3 is 2.52 bits per heavy atom. The number of para-hydroxylation sites is 1. The lowest BCUT2D eigenvalue weighted by atomic mass is 9.99. The molecule has 3 heterocycles. The Kier molecular flexibility index (Phi) is 4.64. The number of thiazole rings is 1. The van der Waals surface area contributed by atoms with Crippen molar-refractivity contribution < 1.29 is 14.0 Å². The fraction of sp³-hybridized carbons (Fsp3) is 0.130. The highest BCUT2D eigenvalue weighted by molar-refractivity contribution is 9.10. The maximum atomic E-state index is 13.5. The summed E-state index contributed by atoms with van der Waals surface area (Å²) in [5.41, 5.74) is 1.69. The smallest absolute Gasteiger partial charge is 0.297 e. The Bertz CT molecular complexity index is 1440. The van der Waals surface area contributed by atoms with Crippen LogP contribution in [0, 0.1) is 6.92 Å². The molecule has 0 spiro atoms. The Morgan fingerprint density at radius 2 is 1.84 bits per heavy atom. The number of rotatable bonds is 3. The molecule has 1 aliphatic heterocycles. The van der Waals surface area contributed by atoms with Crippen molar-refractivity contribution in [1.29, 1.82) is 0 Å². The lowest BCUT2D eigenvalue weighted by Gasteiger charge is -2.22. The van der Waals surface area contributed by atoms with Gasteiger partial charge in [-0.3, -0.25) is 19.3 Å². The summed E-state index contributed by atoms with van der Waals surface area (Å²) >= 11 is 4.57. The van der Waals surface area contributed by atoms with E-state index in [2.05, 4.69) is 20.9 Å². The molecule has 0 fully saturated rings. The molecule has 6 nitrogen and oxygen atoms in total. The average Bonchev–Trinajstić information content (AvgIpc) is 3.27. The van der Waals surface area contributed by atoms with Gasteiger partial charge >= 0.3 is 0 Å². The van der Waals surface area contributed by atoms with Crippen molar-refractivity contribution in [3.8, 4) is 0 Å². The average molecular weight is 495 g/mol. The summed E-state index contributed by atoms with van der Waals surface area (Å²) in [5, 5.41) is 0.772. The minimum absolute atomic E-state index is 0.00819. The first-order valence-corrected chi connectivity index (χ1v) is 11.1. The zero-order chi connectivity index (χ0) is 21.9. The second-order valence-electron chi connectivity index (χ2n) is 7.27. The Labute approximate surface area is 189 Å². The van der Waals surface area contributed by atoms with Crippen LogP contribution < -0.4 is 10.3 Å². The molecule has 1 amide bonds. The summed E-state index contributed by atoms with van der Waals surface area (Å²) in [6.45, 7) is 3.20. The quantitative estimate of drug-likeness (QED) is 0.362. The largest absolute Gasteiger partial charge is 0.450 e. The molecule has 2 aromatic carbocycles. The van der Waals surface area contributed by atoms with Gasteiger partial charge in [-0.05, 0) is 36.8 Å². The third-order valence-corrected chi connectivity index (χ3v) is 7.06. The van der Waals surface area contributed by atoms with Crippen molar-refractivity contribution in [1.82, 2.24) is 4.98 Å². The normalized spacial score (nSPS) is 15.5.